The lowest BCUT2D eigenvalue weighted by Gasteiger charge is -2.36. The molecule has 2 aromatic heterocycles. The Kier molecular flexibility index (Phi) is 9.16. The molecule has 3 rings (SSSR count). The van der Waals surface area contributed by atoms with Crippen LogP contribution in [0, 0.1) is 11.8 Å². The van der Waals surface area contributed by atoms with Crippen molar-refractivity contribution in [3.63, 3.8) is 0 Å². The molecular weight excluding hydrogens is 512 g/mol. The third-order valence-electron chi connectivity index (χ3n) is 6.22. The number of ether oxygens (including phenoxy) is 3. The molecule has 8 heteroatoms. The summed E-state index contributed by atoms with van der Waals surface area (Å²) in [5.41, 5.74) is 0.692. The van der Waals surface area contributed by atoms with Crippen LogP contribution in [0.5, 0.6) is 11.6 Å². The minimum absolute atomic E-state index is 0.00184. The zero-order chi connectivity index (χ0) is 24.8. The highest BCUT2D eigenvalue weighted by Gasteiger charge is 2.37. The maximum absolute atomic E-state index is 6.20. The topological polar surface area (TPSA) is 62.7 Å². The van der Waals surface area contributed by atoms with E-state index < -0.39 is 8.32 Å². The molecular formula is C26H35BrN2O4Si. The van der Waals surface area contributed by atoms with Gasteiger partial charge in [-0.3, -0.25) is 0 Å². The number of halogens is 1. The van der Waals surface area contributed by atoms with Gasteiger partial charge < -0.3 is 18.6 Å². The highest BCUT2D eigenvalue weighted by molar-refractivity contribution is 9.10. The molecule has 0 aliphatic heterocycles. The Labute approximate surface area is 213 Å². The molecule has 1 fully saturated rings. The highest BCUT2D eigenvalue weighted by Crippen LogP contribution is 2.36. The predicted octanol–water partition coefficient (Wildman–Crippen LogP) is 6.01. The van der Waals surface area contributed by atoms with Gasteiger partial charge in [0.2, 0.25) is 5.88 Å². The van der Waals surface area contributed by atoms with Crippen LogP contribution < -0.4 is 9.47 Å². The van der Waals surface area contributed by atoms with Crippen LogP contribution in [-0.4, -0.2) is 49.8 Å². The van der Waals surface area contributed by atoms with Gasteiger partial charge in [-0.15, -0.1) is 0 Å². The third kappa shape index (κ3) is 8.09. The molecule has 34 heavy (non-hydrogen) atoms. The first-order valence-corrected chi connectivity index (χ1v) is 15.4. The fourth-order valence-corrected chi connectivity index (χ4v) is 4.25. The molecule has 6 nitrogen and oxygen atoms in total. The van der Waals surface area contributed by atoms with Crippen LogP contribution in [-0.2, 0) is 9.16 Å². The molecule has 2 heterocycles. The molecule has 0 spiro atoms. The molecule has 0 N–H and O–H groups in total. The van der Waals surface area contributed by atoms with Gasteiger partial charge in [0.1, 0.15) is 30.3 Å². The summed E-state index contributed by atoms with van der Waals surface area (Å²) in [6, 6.07) is 7.54. The summed E-state index contributed by atoms with van der Waals surface area (Å²) in [5.74, 6) is 7.45. The molecule has 0 bridgehead atoms. The maximum atomic E-state index is 6.20. The molecule has 1 aliphatic rings. The van der Waals surface area contributed by atoms with Crippen LogP contribution >= 0.6 is 15.9 Å². The Balaban J connectivity index is 1.34. The Morgan fingerprint density at radius 3 is 2.41 bits per heavy atom. The number of nitrogens with zero attached hydrogens (tertiary/aromatic N) is 2. The molecule has 0 aromatic carbocycles. The largest absolute Gasteiger partial charge is 0.489 e. The number of hydrogen-bond donors (Lipinski definition) is 0. The molecule has 1 unspecified atom stereocenters. The van der Waals surface area contributed by atoms with E-state index in [4.69, 9.17) is 18.6 Å². The van der Waals surface area contributed by atoms with E-state index >= 15 is 0 Å². The Morgan fingerprint density at radius 2 is 1.79 bits per heavy atom. The van der Waals surface area contributed by atoms with Gasteiger partial charge >= 0.3 is 0 Å². The van der Waals surface area contributed by atoms with Gasteiger partial charge in [-0.2, -0.15) is 0 Å². The number of rotatable bonds is 9. The van der Waals surface area contributed by atoms with Gasteiger partial charge in [0.05, 0.1) is 18.9 Å². The van der Waals surface area contributed by atoms with Crippen molar-refractivity contribution in [1.29, 1.82) is 0 Å². The van der Waals surface area contributed by atoms with Gasteiger partial charge in [-0.25, -0.2) is 9.97 Å². The van der Waals surface area contributed by atoms with Crippen LogP contribution in [0.2, 0.25) is 18.1 Å². The van der Waals surface area contributed by atoms with Crippen molar-refractivity contribution in [2.75, 3.05) is 13.2 Å². The van der Waals surface area contributed by atoms with E-state index in [-0.39, 0.29) is 23.4 Å². The average Bonchev–Trinajstić information content (AvgIpc) is 2.75. The maximum Gasteiger partial charge on any atom is 0.213 e. The van der Waals surface area contributed by atoms with Crippen molar-refractivity contribution in [2.24, 2.45) is 0 Å². The number of hydrogen-bond acceptors (Lipinski definition) is 6. The Hall–Kier alpha value is -1.92. The molecule has 0 saturated heterocycles. The molecule has 1 atom stereocenters. The summed E-state index contributed by atoms with van der Waals surface area (Å²) in [5, 5.41) is 0.194. The number of pyridine rings is 2. The fourth-order valence-electron chi connectivity index (χ4n) is 2.93. The normalized spacial score (nSPS) is 18.9. The summed E-state index contributed by atoms with van der Waals surface area (Å²) < 4.78 is 24.7. The van der Waals surface area contributed by atoms with E-state index in [9.17, 15) is 0 Å². The monoisotopic (exact) mass is 546 g/mol. The highest BCUT2D eigenvalue weighted by atomic mass is 79.9. The zero-order valence-electron chi connectivity index (χ0n) is 20.9. The van der Waals surface area contributed by atoms with Crippen molar-refractivity contribution in [3.8, 4) is 23.5 Å². The summed E-state index contributed by atoms with van der Waals surface area (Å²) in [4.78, 5) is 8.62. The van der Waals surface area contributed by atoms with Crippen LogP contribution in [0.25, 0.3) is 0 Å². The SMILES string of the molecule is CC(CO[Si](C)(C)C(C)(C)C)OCC#Cc1ccc(O[C@H]2C[C@H](Oc3ccc(Br)cn3)C2)cn1. The summed E-state index contributed by atoms with van der Waals surface area (Å²) in [6.45, 7) is 14.2. The fraction of sp³-hybridized carbons (Fsp3) is 0.538. The third-order valence-corrected chi connectivity index (χ3v) is 11.2. The molecule has 184 valence electrons. The van der Waals surface area contributed by atoms with Gasteiger partial charge in [0, 0.05) is 29.6 Å². The van der Waals surface area contributed by atoms with Crippen LogP contribution in [0.15, 0.2) is 41.1 Å². The van der Waals surface area contributed by atoms with Gasteiger partial charge in [0.25, 0.3) is 0 Å². The lowest BCUT2D eigenvalue weighted by atomic mass is 9.92. The zero-order valence-corrected chi connectivity index (χ0v) is 23.5. The van der Waals surface area contributed by atoms with E-state index in [0.29, 0.717) is 24.8 Å². The standard InChI is InChI=1S/C26H35BrN2O4Si/c1-19(18-31-34(5,6)26(2,3)4)30-13-7-8-21-10-11-22(17-28-21)32-23-14-24(15-23)33-25-12-9-20(27)16-29-25/h9-12,16-17,19,23-24H,13-15,18H2,1-6H3/t19?,23-,24-. The van der Waals surface area contributed by atoms with E-state index in [0.717, 1.165) is 23.1 Å². The van der Waals surface area contributed by atoms with Crippen molar-refractivity contribution < 1.29 is 18.6 Å². The van der Waals surface area contributed by atoms with E-state index in [1.54, 1.807) is 12.4 Å². The summed E-state index contributed by atoms with van der Waals surface area (Å²) >= 11 is 3.37. The second-order valence-corrected chi connectivity index (χ2v) is 15.9. The Morgan fingerprint density at radius 1 is 1.06 bits per heavy atom. The number of aromatic nitrogens is 2. The van der Waals surface area contributed by atoms with Crippen molar-refractivity contribution in [2.45, 2.75) is 77.0 Å². The summed E-state index contributed by atoms with van der Waals surface area (Å²) in [7, 11) is -1.76. The quantitative estimate of drug-likeness (QED) is 0.283. The van der Waals surface area contributed by atoms with Crippen LogP contribution in [0.1, 0.15) is 46.2 Å². The lowest BCUT2D eigenvalue weighted by Crippen LogP contribution is -2.42. The van der Waals surface area contributed by atoms with Gasteiger partial charge in [-0.05, 0) is 65.1 Å². The molecule has 1 saturated carbocycles. The average molecular weight is 548 g/mol. The van der Waals surface area contributed by atoms with E-state index in [1.807, 2.05) is 31.2 Å². The van der Waals surface area contributed by atoms with E-state index in [2.05, 4.69) is 71.6 Å². The van der Waals surface area contributed by atoms with Crippen molar-refractivity contribution >= 4 is 24.2 Å². The van der Waals surface area contributed by atoms with Gasteiger partial charge in [0.15, 0.2) is 8.32 Å². The Bertz CT molecular complexity index is 975. The minimum Gasteiger partial charge on any atom is -0.489 e. The minimum atomic E-state index is -1.76. The van der Waals surface area contributed by atoms with Crippen molar-refractivity contribution in [3.05, 3.63) is 46.8 Å². The second-order valence-electron chi connectivity index (χ2n) is 10.1. The first kappa shape index (κ1) is 26.7. The molecule has 0 radical (unpaired) electrons. The van der Waals surface area contributed by atoms with E-state index in [1.165, 1.54) is 0 Å². The molecule has 2 aromatic rings. The summed E-state index contributed by atoms with van der Waals surface area (Å²) in [6.07, 6.45) is 5.36. The first-order valence-electron chi connectivity index (χ1n) is 11.7. The van der Waals surface area contributed by atoms with Crippen LogP contribution in [0.3, 0.4) is 0 Å². The predicted molar refractivity (Wildman–Crippen MR) is 140 cm³/mol. The van der Waals surface area contributed by atoms with Crippen molar-refractivity contribution in [1.82, 2.24) is 9.97 Å². The van der Waals surface area contributed by atoms with Crippen LogP contribution in [0.4, 0.5) is 0 Å². The smallest absolute Gasteiger partial charge is 0.213 e. The molecule has 0 amide bonds. The molecule has 1 aliphatic carbocycles. The second kappa shape index (κ2) is 11.7. The first-order chi connectivity index (χ1) is 16.0. The van der Waals surface area contributed by atoms with Gasteiger partial charge in [-0.1, -0.05) is 26.7 Å². The lowest BCUT2D eigenvalue weighted by molar-refractivity contribution is 0.00207.